The van der Waals surface area contributed by atoms with Crippen LogP contribution in [0, 0.1) is 5.41 Å². The second-order valence-electron chi connectivity index (χ2n) is 3.32. The molecule has 0 radical (unpaired) electrons. The number of nitrogens with zero attached hydrogens (tertiary/aromatic N) is 2. The molecular weight excluding hydrogens is 130 g/mol. The Hall–Kier alpha value is -0.640. The summed E-state index contributed by atoms with van der Waals surface area (Å²) >= 11 is 0. The van der Waals surface area contributed by atoms with Crippen LogP contribution in [0.25, 0.3) is 0 Å². The predicted octanol–water partition coefficient (Wildman–Crippen LogP) is 0.719. The summed E-state index contributed by atoms with van der Waals surface area (Å²) in [6.07, 6.45) is -0.472. The molecule has 4 nitrogen and oxygen atoms in total. The van der Waals surface area contributed by atoms with Crippen molar-refractivity contribution in [1.82, 2.24) is 0 Å². The molecule has 0 saturated carbocycles. The molecule has 0 spiro atoms. The third-order valence-electron chi connectivity index (χ3n) is 1.34. The van der Waals surface area contributed by atoms with Gasteiger partial charge in [0, 0.05) is 0 Å². The van der Waals surface area contributed by atoms with Crippen LogP contribution < -0.4 is 5.84 Å². The van der Waals surface area contributed by atoms with Crippen LogP contribution in [0.3, 0.4) is 0 Å². The molecule has 3 N–H and O–H groups in total. The standard InChI is InChI=1S/C6H15N3O/c1-6(2,3)5(10)4-8-9-7/h5,10H,4H2,1-3H3,(H2,7,8). The maximum absolute atomic E-state index is 9.31. The smallest absolute Gasteiger partial charge is 0.0884 e. The van der Waals surface area contributed by atoms with Crippen LogP contribution in [0.15, 0.2) is 10.3 Å². The molecule has 0 amide bonds. The van der Waals surface area contributed by atoms with E-state index >= 15 is 0 Å². The molecule has 0 rings (SSSR count). The van der Waals surface area contributed by atoms with Gasteiger partial charge in [-0.2, -0.15) is 5.11 Å². The second kappa shape index (κ2) is 3.51. The molecule has 10 heavy (non-hydrogen) atoms. The maximum Gasteiger partial charge on any atom is 0.0884 e. The van der Waals surface area contributed by atoms with Crippen LogP contribution in [0.2, 0.25) is 0 Å². The van der Waals surface area contributed by atoms with E-state index in [-0.39, 0.29) is 12.0 Å². The van der Waals surface area contributed by atoms with Gasteiger partial charge in [0.15, 0.2) is 0 Å². The lowest BCUT2D eigenvalue weighted by Crippen LogP contribution is -2.28. The van der Waals surface area contributed by atoms with Crippen molar-refractivity contribution < 1.29 is 5.11 Å². The molecule has 0 aromatic heterocycles. The van der Waals surface area contributed by atoms with Crippen LogP contribution in [0.5, 0.6) is 0 Å². The molecule has 0 aliphatic rings. The fourth-order valence-corrected chi connectivity index (χ4v) is 0.398. The molecule has 0 aliphatic heterocycles. The normalized spacial score (nSPS) is 16.0. The Morgan fingerprint density at radius 1 is 1.50 bits per heavy atom. The van der Waals surface area contributed by atoms with Gasteiger partial charge in [0.1, 0.15) is 0 Å². The predicted molar refractivity (Wildman–Crippen MR) is 39.4 cm³/mol. The van der Waals surface area contributed by atoms with Crippen molar-refractivity contribution in [3.63, 3.8) is 0 Å². The average Bonchev–Trinajstić information content (AvgIpc) is 1.80. The summed E-state index contributed by atoms with van der Waals surface area (Å²) in [6, 6.07) is 0. The highest BCUT2D eigenvalue weighted by Crippen LogP contribution is 2.18. The van der Waals surface area contributed by atoms with Gasteiger partial charge in [-0.15, -0.1) is 0 Å². The number of aliphatic hydroxyl groups excluding tert-OH is 1. The van der Waals surface area contributed by atoms with E-state index in [2.05, 4.69) is 10.3 Å². The van der Waals surface area contributed by atoms with E-state index < -0.39 is 6.10 Å². The third-order valence-corrected chi connectivity index (χ3v) is 1.34. The minimum absolute atomic E-state index is 0.145. The lowest BCUT2D eigenvalue weighted by Gasteiger charge is -2.23. The van der Waals surface area contributed by atoms with Crippen LogP contribution in [0.4, 0.5) is 0 Å². The average molecular weight is 145 g/mol. The molecule has 60 valence electrons. The summed E-state index contributed by atoms with van der Waals surface area (Å²) in [6.45, 7) is 6.08. The van der Waals surface area contributed by atoms with Crippen molar-refractivity contribution in [3.05, 3.63) is 0 Å². The topological polar surface area (TPSA) is 71.0 Å². The van der Waals surface area contributed by atoms with Crippen molar-refractivity contribution in [2.24, 2.45) is 21.6 Å². The van der Waals surface area contributed by atoms with Gasteiger partial charge < -0.3 is 10.9 Å². The first-order chi connectivity index (χ1) is 4.48. The molecule has 1 atom stereocenters. The van der Waals surface area contributed by atoms with E-state index in [1.54, 1.807) is 0 Å². The van der Waals surface area contributed by atoms with Crippen LogP contribution >= 0.6 is 0 Å². The molecule has 0 aromatic carbocycles. The van der Waals surface area contributed by atoms with Gasteiger partial charge in [-0.25, -0.2) is 0 Å². The number of rotatable bonds is 2. The third kappa shape index (κ3) is 3.40. The first kappa shape index (κ1) is 9.36. The van der Waals surface area contributed by atoms with Gasteiger partial charge in [0.25, 0.3) is 0 Å². The fraction of sp³-hybridized carbons (Fsp3) is 1.00. The van der Waals surface area contributed by atoms with E-state index in [1.807, 2.05) is 20.8 Å². The minimum atomic E-state index is -0.472. The fourth-order valence-electron chi connectivity index (χ4n) is 0.398. The van der Waals surface area contributed by atoms with E-state index in [1.165, 1.54) is 0 Å². The Bertz CT molecular complexity index is 117. The zero-order valence-corrected chi connectivity index (χ0v) is 6.70. The molecule has 0 saturated heterocycles. The zero-order chi connectivity index (χ0) is 8.20. The summed E-state index contributed by atoms with van der Waals surface area (Å²) in [7, 11) is 0. The molecule has 0 aromatic rings. The maximum atomic E-state index is 9.31. The van der Waals surface area contributed by atoms with Crippen molar-refractivity contribution in [3.8, 4) is 0 Å². The Morgan fingerprint density at radius 3 is 2.30 bits per heavy atom. The summed E-state index contributed by atoms with van der Waals surface area (Å²) in [5, 5.41) is 15.9. The molecule has 0 aliphatic carbocycles. The highest BCUT2D eigenvalue weighted by atomic mass is 16.3. The molecule has 4 heteroatoms. The Balaban J connectivity index is 3.73. The Morgan fingerprint density at radius 2 is 2.00 bits per heavy atom. The van der Waals surface area contributed by atoms with E-state index in [0.29, 0.717) is 0 Å². The zero-order valence-electron chi connectivity index (χ0n) is 6.70. The second-order valence-corrected chi connectivity index (χ2v) is 3.32. The minimum Gasteiger partial charge on any atom is -0.391 e. The van der Waals surface area contributed by atoms with Crippen molar-refractivity contribution in [1.29, 1.82) is 0 Å². The van der Waals surface area contributed by atoms with Crippen molar-refractivity contribution in [2.45, 2.75) is 26.9 Å². The molecule has 1 unspecified atom stereocenters. The number of hydrogen-bond donors (Lipinski definition) is 2. The van der Waals surface area contributed by atoms with Crippen molar-refractivity contribution in [2.75, 3.05) is 6.54 Å². The first-order valence-electron chi connectivity index (χ1n) is 3.23. The lowest BCUT2D eigenvalue weighted by atomic mass is 9.89. The Labute approximate surface area is 61.1 Å². The Kier molecular flexibility index (Phi) is 3.28. The highest BCUT2D eigenvalue weighted by molar-refractivity contribution is 4.73. The van der Waals surface area contributed by atoms with E-state index in [9.17, 15) is 5.11 Å². The van der Waals surface area contributed by atoms with E-state index in [0.717, 1.165) is 0 Å². The van der Waals surface area contributed by atoms with Crippen LogP contribution in [-0.4, -0.2) is 17.8 Å². The van der Waals surface area contributed by atoms with Gasteiger partial charge in [0.2, 0.25) is 0 Å². The monoisotopic (exact) mass is 145 g/mol. The quantitative estimate of drug-likeness (QED) is 0.341. The van der Waals surface area contributed by atoms with Crippen LogP contribution in [-0.2, 0) is 0 Å². The number of nitrogens with two attached hydrogens (primary N) is 1. The lowest BCUT2D eigenvalue weighted by molar-refractivity contribution is 0.0699. The van der Waals surface area contributed by atoms with Gasteiger partial charge in [-0.05, 0) is 5.41 Å². The summed E-state index contributed by atoms with van der Waals surface area (Å²) < 4.78 is 0. The first-order valence-corrected chi connectivity index (χ1v) is 3.23. The van der Waals surface area contributed by atoms with Gasteiger partial charge >= 0.3 is 0 Å². The molecule has 0 bridgehead atoms. The molecule has 0 heterocycles. The van der Waals surface area contributed by atoms with Gasteiger partial charge in [-0.1, -0.05) is 26.0 Å². The largest absolute Gasteiger partial charge is 0.391 e. The molecule has 0 fully saturated rings. The van der Waals surface area contributed by atoms with Crippen LogP contribution in [0.1, 0.15) is 20.8 Å². The SMILES string of the molecule is CC(C)(C)C(O)CN=NN. The highest BCUT2D eigenvalue weighted by Gasteiger charge is 2.21. The van der Waals surface area contributed by atoms with Gasteiger partial charge in [0.05, 0.1) is 12.6 Å². The summed E-state index contributed by atoms with van der Waals surface area (Å²) in [5.74, 6) is 4.77. The molecular formula is C6H15N3O. The van der Waals surface area contributed by atoms with E-state index in [4.69, 9.17) is 5.84 Å². The summed E-state index contributed by atoms with van der Waals surface area (Å²) in [4.78, 5) is 0. The number of aliphatic hydroxyl groups is 1. The summed E-state index contributed by atoms with van der Waals surface area (Å²) in [5.41, 5.74) is -0.145. The van der Waals surface area contributed by atoms with Crippen molar-refractivity contribution >= 4 is 0 Å². The number of hydrogen-bond acceptors (Lipinski definition) is 3. The van der Waals surface area contributed by atoms with Gasteiger partial charge in [-0.3, -0.25) is 0 Å².